The van der Waals surface area contributed by atoms with Gasteiger partial charge in [0, 0.05) is 19.5 Å². The van der Waals surface area contributed by atoms with E-state index in [9.17, 15) is 18.3 Å². The van der Waals surface area contributed by atoms with E-state index in [0.717, 1.165) is 5.56 Å². The number of nitrogens with two attached hydrogens (primary N) is 1. The van der Waals surface area contributed by atoms with Crippen LogP contribution < -0.4 is 5.73 Å². The highest BCUT2D eigenvalue weighted by molar-refractivity contribution is 7.89. The fourth-order valence-corrected chi connectivity index (χ4v) is 4.45. The number of aliphatic hydroxyl groups is 1. The van der Waals surface area contributed by atoms with Crippen LogP contribution in [-0.4, -0.2) is 49.2 Å². The maximum atomic E-state index is 12.9. The molecule has 0 radical (unpaired) electrons. The van der Waals surface area contributed by atoms with E-state index in [0.29, 0.717) is 6.42 Å². The molecular formula is C20H26N2O5S. The van der Waals surface area contributed by atoms with Crippen molar-refractivity contribution in [2.75, 3.05) is 13.1 Å². The normalized spacial score (nSPS) is 13.8. The summed E-state index contributed by atoms with van der Waals surface area (Å²) >= 11 is 0. The van der Waals surface area contributed by atoms with E-state index in [1.807, 2.05) is 37.3 Å². The molecule has 0 saturated heterocycles. The molecule has 0 spiro atoms. The van der Waals surface area contributed by atoms with Gasteiger partial charge in [-0.1, -0.05) is 55.5 Å². The van der Waals surface area contributed by atoms with Crippen LogP contribution in [0.15, 0.2) is 65.6 Å². The number of amides is 1. The average Bonchev–Trinajstić information content (AvgIpc) is 2.68. The second-order valence-electron chi connectivity index (χ2n) is 6.41. The first kappa shape index (κ1) is 21.9. The summed E-state index contributed by atoms with van der Waals surface area (Å²) < 4.78 is 32.2. The lowest BCUT2D eigenvalue weighted by Gasteiger charge is -2.28. The molecule has 0 aliphatic heterocycles. The fraction of sp³-hybridized carbons (Fsp3) is 0.350. The molecule has 1 unspecified atom stereocenters. The quantitative estimate of drug-likeness (QED) is 0.628. The van der Waals surface area contributed by atoms with Gasteiger partial charge in [0.25, 0.3) is 0 Å². The first-order chi connectivity index (χ1) is 13.3. The molecule has 0 bridgehead atoms. The molecule has 28 heavy (non-hydrogen) atoms. The Kier molecular flexibility index (Phi) is 7.98. The topological polar surface area (TPSA) is 110 Å². The van der Waals surface area contributed by atoms with Crippen LogP contribution in [0.25, 0.3) is 0 Å². The first-order valence-electron chi connectivity index (χ1n) is 9.08. The van der Waals surface area contributed by atoms with Gasteiger partial charge in [0.1, 0.15) is 12.2 Å². The number of ether oxygens (including phenoxy) is 1. The highest BCUT2D eigenvalue weighted by atomic mass is 32.2. The van der Waals surface area contributed by atoms with E-state index >= 15 is 0 Å². The molecule has 7 nitrogen and oxygen atoms in total. The number of primary amides is 1. The molecule has 3 N–H and O–H groups in total. The Morgan fingerprint density at radius 2 is 1.68 bits per heavy atom. The Labute approximate surface area is 165 Å². The van der Waals surface area contributed by atoms with Crippen LogP contribution in [0, 0.1) is 0 Å². The fourth-order valence-electron chi connectivity index (χ4n) is 2.88. The number of hydrogen-bond donors (Lipinski definition) is 2. The lowest BCUT2D eigenvalue weighted by Crippen LogP contribution is -2.45. The third-order valence-electron chi connectivity index (χ3n) is 4.22. The van der Waals surface area contributed by atoms with Gasteiger partial charge in [0.2, 0.25) is 10.0 Å². The van der Waals surface area contributed by atoms with Crippen LogP contribution >= 0.6 is 0 Å². The molecule has 152 valence electrons. The number of nitrogens with zero attached hydrogens (tertiary/aromatic N) is 1. The highest BCUT2D eigenvalue weighted by Crippen LogP contribution is 2.18. The minimum Gasteiger partial charge on any atom is -0.443 e. The van der Waals surface area contributed by atoms with Crippen LogP contribution in [-0.2, 0) is 21.2 Å². The maximum Gasteiger partial charge on any atom is 0.404 e. The van der Waals surface area contributed by atoms with Crippen molar-refractivity contribution in [2.24, 2.45) is 5.73 Å². The number of rotatable bonds is 10. The predicted octanol–water partition coefficient (Wildman–Crippen LogP) is 2.15. The van der Waals surface area contributed by atoms with E-state index in [2.05, 4.69) is 0 Å². The summed E-state index contributed by atoms with van der Waals surface area (Å²) in [5, 5.41) is 10.7. The molecular weight excluding hydrogens is 380 g/mol. The van der Waals surface area contributed by atoms with E-state index in [1.54, 1.807) is 18.2 Å². The van der Waals surface area contributed by atoms with Crippen LogP contribution in [0.1, 0.15) is 18.9 Å². The molecule has 2 atom stereocenters. The zero-order valence-electron chi connectivity index (χ0n) is 15.8. The van der Waals surface area contributed by atoms with Crippen LogP contribution in [0.2, 0.25) is 0 Å². The summed E-state index contributed by atoms with van der Waals surface area (Å²) in [7, 11) is -3.79. The van der Waals surface area contributed by atoms with Gasteiger partial charge >= 0.3 is 6.09 Å². The van der Waals surface area contributed by atoms with E-state index in [1.165, 1.54) is 16.4 Å². The Hall–Kier alpha value is -2.42. The summed E-state index contributed by atoms with van der Waals surface area (Å²) in [5.74, 6) is 0. The van der Waals surface area contributed by atoms with Crippen molar-refractivity contribution >= 4 is 16.1 Å². The molecule has 2 rings (SSSR count). The molecule has 1 amide bonds. The second kappa shape index (κ2) is 10.2. The van der Waals surface area contributed by atoms with Gasteiger partial charge in [-0.25, -0.2) is 13.2 Å². The van der Waals surface area contributed by atoms with Crippen molar-refractivity contribution in [1.82, 2.24) is 4.31 Å². The van der Waals surface area contributed by atoms with Gasteiger partial charge in [-0.2, -0.15) is 4.31 Å². The van der Waals surface area contributed by atoms with Crippen LogP contribution in [0.5, 0.6) is 0 Å². The lowest BCUT2D eigenvalue weighted by molar-refractivity contribution is -0.00111. The molecule has 2 aromatic carbocycles. The van der Waals surface area contributed by atoms with Gasteiger partial charge in [-0.15, -0.1) is 0 Å². The number of carbonyl (C=O) groups is 1. The summed E-state index contributed by atoms with van der Waals surface area (Å²) in [6, 6.07) is 17.2. The number of carbonyl (C=O) groups excluding carboxylic acids is 1. The zero-order chi connectivity index (χ0) is 20.6. The van der Waals surface area contributed by atoms with Crippen LogP contribution in [0.4, 0.5) is 4.79 Å². The second-order valence-corrected chi connectivity index (χ2v) is 8.35. The smallest absolute Gasteiger partial charge is 0.404 e. The van der Waals surface area contributed by atoms with Gasteiger partial charge in [0.05, 0.1) is 4.90 Å². The number of sulfonamides is 1. The molecule has 0 heterocycles. The molecule has 0 aliphatic carbocycles. The number of aliphatic hydroxyl groups excluding tert-OH is 1. The van der Waals surface area contributed by atoms with Gasteiger partial charge in [0.15, 0.2) is 0 Å². The third kappa shape index (κ3) is 6.05. The summed E-state index contributed by atoms with van der Waals surface area (Å²) in [6.45, 7) is 1.86. The molecule has 2 aromatic rings. The van der Waals surface area contributed by atoms with Crippen LogP contribution in [0.3, 0.4) is 0 Å². The number of benzene rings is 2. The Balaban J connectivity index is 2.21. The summed E-state index contributed by atoms with van der Waals surface area (Å²) in [5.41, 5.74) is 5.98. The van der Waals surface area contributed by atoms with Crippen molar-refractivity contribution in [2.45, 2.75) is 36.9 Å². The van der Waals surface area contributed by atoms with E-state index < -0.39 is 28.3 Å². The standard InChI is InChI=1S/C20H26N2O5S/c1-2-13-22(28(25,26)17-11-7-4-8-12-17)15-18(23)19(27-20(21)24)14-16-9-5-3-6-10-16/h3-12,18-19,23H,2,13-15H2,1H3,(H2,21,24)/t18-,19?/m1/s1. The summed E-state index contributed by atoms with van der Waals surface area (Å²) in [4.78, 5) is 11.4. The average molecular weight is 407 g/mol. The Morgan fingerprint density at radius 1 is 1.11 bits per heavy atom. The van der Waals surface area contributed by atoms with Gasteiger partial charge in [-0.05, 0) is 24.1 Å². The van der Waals surface area contributed by atoms with Gasteiger partial charge in [-0.3, -0.25) is 0 Å². The van der Waals surface area contributed by atoms with Gasteiger partial charge < -0.3 is 15.6 Å². The Morgan fingerprint density at radius 3 is 2.21 bits per heavy atom. The van der Waals surface area contributed by atoms with Crippen molar-refractivity contribution in [3.63, 3.8) is 0 Å². The third-order valence-corrected chi connectivity index (χ3v) is 6.10. The number of hydrogen-bond acceptors (Lipinski definition) is 5. The Bertz CT molecular complexity index is 843. The molecule has 0 aromatic heterocycles. The largest absolute Gasteiger partial charge is 0.443 e. The maximum absolute atomic E-state index is 12.9. The van der Waals surface area contributed by atoms with E-state index in [4.69, 9.17) is 10.5 Å². The van der Waals surface area contributed by atoms with E-state index in [-0.39, 0.29) is 24.4 Å². The molecule has 0 aliphatic rings. The lowest BCUT2D eigenvalue weighted by atomic mass is 10.0. The van der Waals surface area contributed by atoms with Crippen molar-refractivity contribution < 1.29 is 23.1 Å². The molecule has 8 heteroatoms. The zero-order valence-corrected chi connectivity index (χ0v) is 16.6. The minimum atomic E-state index is -3.79. The van der Waals surface area contributed by atoms with Crippen molar-refractivity contribution in [1.29, 1.82) is 0 Å². The minimum absolute atomic E-state index is 0.145. The molecule has 0 fully saturated rings. The predicted molar refractivity (Wildman–Crippen MR) is 106 cm³/mol. The summed E-state index contributed by atoms with van der Waals surface area (Å²) in [6.07, 6.45) is -2.44. The first-order valence-corrected chi connectivity index (χ1v) is 10.5. The van der Waals surface area contributed by atoms with Crippen molar-refractivity contribution in [3.05, 3.63) is 66.2 Å². The van der Waals surface area contributed by atoms with Crippen molar-refractivity contribution in [3.8, 4) is 0 Å². The monoisotopic (exact) mass is 406 g/mol. The SMILES string of the molecule is CCCN(C[C@@H](O)C(Cc1ccccc1)OC(N)=O)S(=O)(=O)c1ccccc1. The highest BCUT2D eigenvalue weighted by Gasteiger charge is 2.31. The molecule has 0 saturated carbocycles.